The number of nitrogens with zero attached hydrogens (tertiary/aromatic N) is 1. The summed E-state index contributed by atoms with van der Waals surface area (Å²) >= 11 is 0. The molecule has 4 heteroatoms. The SMILES string of the molecule is O=C(Cc1cccnc1)NC1CCCCC1CO. The highest BCUT2D eigenvalue weighted by molar-refractivity contribution is 5.78. The Bertz CT molecular complexity index is 381. The molecule has 0 spiro atoms. The predicted octanol–water partition coefficient (Wildman–Crippen LogP) is 1.29. The zero-order valence-electron chi connectivity index (χ0n) is 10.5. The largest absolute Gasteiger partial charge is 0.396 e. The Morgan fingerprint density at radius 3 is 3.00 bits per heavy atom. The third-order valence-electron chi connectivity index (χ3n) is 3.58. The molecule has 0 aliphatic heterocycles. The number of aliphatic hydroxyl groups is 1. The average Bonchev–Trinajstić information content (AvgIpc) is 2.40. The van der Waals surface area contributed by atoms with E-state index < -0.39 is 0 Å². The molecule has 1 amide bonds. The Balaban J connectivity index is 1.86. The molecule has 1 saturated carbocycles. The van der Waals surface area contributed by atoms with Crippen molar-refractivity contribution in [3.05, 3.63) is 30.1 Å². The number of carbonyl (C=O) groups is 1. The maximum absolute atomic E-state index is 11.9. The maximum Gasteiger partial charge on any atom is 0.224 e. The Labute approximate surface area is 107 Å². The molecule has 0 aromatic carbocycles. The normalized spacial score (nSPS) is 23.6. The van der Waals surface area contributed by atoms with Crippen molar-refractivity contribution in [2.24, 2.45) is 5.92 Å². The van der Waals surface area contributed by atoms with Crippen molar-refractivity contribution in [2.45, 2.75) is 38.1 Å². The van der Waals surface area contributed by atoms with Crippen LogP contribution in [0.2, 0.25) is 0 Å². The quantitative estimate of drug-likeness (QED) is 0.844. The summed E-state index contributed by atoms with van der Waals surface area (Å²) in [5.74, 6) is 0.241. The number of aromatic nitrogens is 1. The molecule has 0 radical (unpaired) electrons. The van der Waals surface area contributed by atoms with Crippen molar-refractivity contribution < 1.29 is 9.90 Å². The van der Waals surface area contributed by atoms with Crippen LogP contribution in [0, 0.1) is 5.92 Å². The van der Waals surface area contributed by atoms with Crippen LogP contribution in [0.15, 0.2) is 24.5 Å². The fourth-order valence-electron chi connectivity index (χ4n) is 2.56. The predicted molar refractivity (Wildman–Crippen MR) is 68.9 cm³/mol. The maximum atomic E-state index is 11.9. The van der Waals surface area contributed by atoms with Gasteiger partial charge in [-0.3, -0.25) is 9.78 Å². The number of carbonyl (C=O) groups excluding carboxylic acids is 1. The van der Waals surface area contributed by atoms with Gasteiger partial charge in [0, 0.05) is 31.0 Å². The van der Waals surface area contributed by atoms with Gasteiger partial charge in [0.25, 0.3) is 0 Å². The lowest BCUT2D eigenvalue weighted by atomic mass is 9.85. The van der Waals surface area contributed by atoms with Gasteiger partial charge in [-0.2, -0.15) is 0 Å². The van der Waals surface area contributed by atoms with Crippen LogP contribution >= 0.6 is 0 Å². The lowest BCUT2D eigenvalue weighted by Crippen LogP contribution is -2.44. The summed E-state index contributed by atoms with van der Waals surface area (Å²) in [6.07, 6.45) is 8.05. The van der Waals surface area contributed by atoms with Crippen LogP contribution in [-0.2, 0) is 11.2 Å². The van der Waals surface area contributed by atoms with Crippen LogP contribution in [0.1, 0.15) is 31.2 Å². The van der Waals surface area contributed by atoms with Gasteiger partial charge in [0.05, 0.1) is 6.42 Å². The summed E-state index contributed by atoms with van der Waals surface area (Å²) in [4.78, 5) is 15.9. The lowest BCUT2D eigenvalue weighted by molar-refractivity contribution is -0.121. The van der Waals surface area contributed by atoms with E-state index in [0.29, 0.717) is 6.42 Å². The van der Waals surface area contributed by atoms with E-state index in [0.717, 1.165) is 31.2 Å². The van der Waals surface area contributed by atoms with Gasteiger partial charge in [0.2, 0.25) is 5.91 Å². The van der Waals surface area contributed by atoms with E-state index in [2.05, 4.69) is 10.3 Å². The average molecular weight is 248 g/mol. The first-order valence-electron chi connectivity index (χ1n) is 6.58. The lowest BCUT2D eigenvalue weighted by Gasteiger charge is -2.30. The number of amides is 1. The van der Waals surface area contributed by atoms with Crippen LogP contribution in [0.25, 0.3) is 0 Å². The minimum absolute atomic E-state index is 0.0216. The summed E-state index contributed by atoms with van der Waals surface area (Å²) in [6.45, 7) is 0.165. The van der Waals surface area contributed by atoms with Crippen LogP contribution in [0.4, 0.5) is 0 Å². The Hall–Kier alpha value is -1.42. The summed E-state index contributed by atoms with van der Waals surface area (Å²) in [6, 6.07) is 3.87. The standard InChI is InChI=1S/C14H20N2O2/c17-10-12-5-1-2-6-13(12)16-14(18)8-11-4-3-7-15-9-11/h3-4,7,9,12-13,17H,1-2,5-6,8,10H2,(H,16,18). The molecule has 4 nitrogen and oxygen atoms in total. The molecule has 1 aromatic heterocycles. The molecular weight excluding hydrogens is 228 g/mol. The monoisotopic (exact) mass is 248 g/mol. The number of nitrogens with one attached hydrogen (secondary N) is 1. The molecule has 18 heavy (non-hydrogen) atoms. The highest BCUT2D eigenvalue weighted by atomic mass is 16.3. The third kappa shape index (κ3) is 3.53. The van der Waals surface area contributed by atoms with Crippen molar-refractivity contribution in [2.75, 3.05) is 6.61 Å². The fraction of sp³-hybridized carbons (Fsp3) is 0.571. The molecule has 2 rings (SSSR count). The zero-order valence-corrected chi connectivity index (χ0v) is 10.5. The van der Waals surface area contributed by atoms with Crippen LogP contribution in [-0.4, -0.2) is 28.6 Å². The van der Waals surface area contributed by atoms with E-state index in [1.54, 1.807) is 12.4 Å². The molecule has 98 valence electrons. The van der Waals surface area contributed by atoms with Crippen molar-refractivity contribution in [1.29, 1.82) is 0 Å². The van der Waals surface area contributed by atoms with E-state index in [1.807, 2.05) is 12.1 Å². The van der Waals surface area contributed by atoms with Gasteiger partial charge >= 0.3 is 0 Å². The van der Waals surface area contributed by atoms with Crippen molar-refractivity contribution in [1.82, 2.24) is 10.3 Å². The first-order valence-corrected chi connectivity index (χ1v) is 6.58. The summed E-state index contributed by atoms with van der Waals surface area (Å²) < 4.78 is 0. The minimum atomic E-state index is 0.0216. The summed E-state index contributed by atoms with van der Waals surface area (Å²) in [7, 11) is 0. The van der Waals surface area contributed by atoms with E-state index >= 15 is 0 Å². The smallest absolute Gasteiger partial charge is 0.224 e. The van der Waals surface area contributed by atoms with Gasteiger partial charge in [-0.25, -0.2) is 0 Å². The number of rotatable bonds is 4. The second-order valence-corrected chi connectivity index (χ2v) is 4.94. The molecule has 1 aromatic rings. The van der Waals surface area contributed by atoms with Crippen molar-refractivity contribution in [3.63, 3.8) is 0 Å². The molecule has 1 fully saturated rings. The van der Waals surface area contributed by atoms with Gasteiger partial charge in [0.15, 0.2) is 0 Å². The highest BCUT2D eigenvalue weighted by Crippen LogP contribution is 2.23. The molecule has 0 bridgehead atoms. The third-order valence-corrected chi connectivity index (χ3v) is 3.58. The summed E-state index contributed by atoms with van der Waals surface area (Å²) in [5, 5.41) is 12.3. The molecule has 0 saturated heterocycles. The second-order valence-electron chi connectivity index (χ2n) is 4.94. The number of aliphatic hydroxyl groups excluding tert-OH is 1. The van der Waals surface area contributed by atoms with Gasteiger partial charge in [-0.15, -0.1) is 0 Å². The number of pyridine rings is 1. The van der Waals surface area contributed by atoms with Crippen LogP contribution in [0.3, 0.4) is 0 Å². The number of hydrogen-bond acceptors (Lipinski definition) is 3. The first-order chi connectivity index (χ1) is 8.79. The Morgan fingerprint density at radius 2 is 2.28 bits per heavy atom. The van der Waals surface area contributed by atoms with Gasteiger partial charge < -0.3 is 10.4 Å². The minimum Gasteiger partial charge on any atom is -0.396 e. The van der Waals surface area contributed by atoms with Crippen molar-refractivity contribution in [3.8, 4) is 0 Å². The highest BCUT2D eigenvalue weighted by Gasteiger charge is 2.25. The van der Waals surface area contributed by atoms with Gasteiger partial charge in [-0.1, -0.05) is 18.9 Å². The molecule has 2 N–H and O–H groups in total. The molecule has 1 aliphatic rings. The molecule has 2 unspecified atom stereocenters. The molecule has 1 aliphatic carbocycles. The van der Waals surface area contributed by atoms with E-state index in [1.165, 1.54) is 0 Å². The van der Waals surface area contributed by atoms with Gasteiger partial charge in [0.1, 0.15) is 0 Å². The van der Waals surface area contributed by atoms with Gasteiger partial charge in [-0.05, 0) is 24.5 Å². The van der Waals surface area contributed by atoms with Crippen LogP contribution < -0.4 is 5.32 Å². The van der Waals surface area contributed by atoms with E-state index in [4.69, 9.17) is 0 Å². The molecular formula is C14H20N2O2. The molecule has 1 heterocycles. The van der Waals surface area contributed by atoms with E-state index in [-0.39, 0.29) is 24.5 Å². The first kappa shape index (κ1) is 13.0. The summed E-state index contributed by atoms with van der Waals surface area (Å²) in [5.41, 5.74) is 0.923. The second kappa shape index (κ2) is 6.50. The Morgan fingerprint density at radius 1 is 1.44 bits per heavy atom. The van der Waals surface area contributed by atoms with Crippen LogP contribution in [0.5, 0.6) is 0 Å². The number of hydrogen-bond donors (Lipinski definition) is 2. The van der Waals surface area contributed by atoms with E-state index in [9.17, 15) is 9.90 Å². The fourth-order valence-corrected chi connectivity index (χ4v) is 2.56. The molecule has 2 atom stereocenters. The zero-order chi connectivity index (χ0) is 12.8. The van der Waals surface area contributed by atoms with Crippen molar-refractivity contribution >= 4 is 5.91 Å². The Kier molecular flexibility index (Phi) is 4.70. The topological polar surface area (TPSA) is 62.2 Å².